The lowest BCUT2D eigenvalue weighted by Gasteiger charge is -2.30. The van der Waals surface area contributed by atoms with Crippen LogP contribution >= 0.6 is 11.6 Å². The Kier molecular flexibility index (Phi) is 6.68. The average Bonchev–Trinajstić information content (AvgIpc) is 3.59. The molecule has 1 amide bonds. The van der Waals surface area contributed by atoms with Crippen LogP contribution in [0.25, 0.3) is 5.76 Å². The molecule has 12 heteroatoms. The van der Waals surface area contributed by atoms with Crippen LogP contribution in [0.1, 0.15) is 36.4 Å². The Hall–Kier alpha value is -2.73. The summed E-state index contributed by atoms with van der Waals surface area (Å²) in [6, 6.07) is 10.2. The fraction of sp³-hybridized carbons (Fsp3) is 0.360. The Morgan fingerprint density at radius 2 is 1.59 bits per heavy atom. The van der Waals surface area contributed by atoms with Gasteiger partial charge in [0.2, 0.25) is 10.0 Å². The summed E-state index contributed by atoms with van der Waals surface area (Å²) in [7, 11) is -7.04. The summed E-state index contributed by atoms with van der Waals surface area (Å²) in [4.78, 5) is 27.7. The van der Waals surface area contributed by atoms with E-state index in [9.17, 15) is 31.5 Å². The molecular weight excluding hydrogens is 540 g/mol. The molecule has 0 bridgehead atoms. The highest BCUT2D eigenvalue weighted by atomic mass is 35.5. The number of benzene rings is 2. The van der Waals surface area contributed by atoms with Crippen molar-refractivity contribution < 1.29 is 31.5 Å². The number of Topliss-reactive ketones (excluding diaryl/α,β-unsaturated/α-hetero) is 1. The zero-order valence-corrected chi connectivity index (χ0v) is 22.1. The van der Waals surface area contributed by atoms with Crippen molar-refractivity contribution in [3.63, 3.8) is 0 Å². The van der Waals surface area contributed by atoms with E-state index >= 15 is 0 Å². The van der Waals surface area contributed by atoms with Crippen LogP contribution in [0.5, 0.6) is 0 Å². The second-order valence-corrected chi connectivity index (χ2v) is 14.1. The number of aliphatic hydroxyl groups is 1. The molecule has 0 unspecified atom stereocenters. The summed E-state index contributed by atoms with van der Waals surface area (Å²) >= 11 is 6.03. The van der Waals surface area contributed by atoms with Gasteiger partial charge in [0.15, 0.2) is 9.84 Å². The number of hydrogen-bond acceptors (Lipinski definition) is 7. The molecule has 196 valence electrons. The first-order valence-corrected chi connectivity index (χ1v) is 15.5. The largest absolute Gasteiger partial charge is 0.507 e. The van der Waals surface area contributed by atoms with Crippen LogP contribution in [0.15, 0.2) is 59.0 Å². The molecule has 3 fully saturated rings. The van der Waals surface area contributed by atoms with Crippen molar-refractivity contribution in [1.29, 1.82) is 0 Å². The lowest BCUT2D eigenvalue weighted by atomic mass is 9.95. The van der Waals surface area contributed by atoms with Crippen molar-refractivity contribution in [2.45, 2.75) is 36.2 Å². The van der Waals surface area contributed by atoms with Gasteiger partial charge in [0.25, 0.3) is 11.7 Å². The summed E-state index contributed by atoms with van der Waals surface area (Å²) in [5, 5.41) is 11.7. The zero-order chi connectivity index (χ0) is 26.5. The van der Waals surface area contributed by atoms with E-state index in [4.69, 9.17) is 11.6 Å². The van der Waals surface area contributed by atoms with Gasteiger partial charge in [-0.1, -0.05) is 23.7 Å². The van der Waals surface area contributed by atoms with Crippen LogP contribution in [-0.2, 0) is 29.4 Å². The van der Waals surface area contributed by atoms with Crippen molar-refractivity contribution in [2.24, 2.45) is 0 Å². The summed E-state index contributed by atoms with van der Waals surface area (Å²) in [5.74, 6) is -2.66. The summed E-state index contributed by atoms with van der Waals surface area (Å²) in [5.41, 5.74) is 0.464. The van der Waals surface area contributed by atoms with Crippen molar-refractivity contribution in [1.82, 2.24) is 9.21 Å². The number of aliphatic hydroxyl groups excluding tert-OH is 1. The number of rotatable bonds is 5. The highest BCUT2D eigenvalue weighted by Gasteiger charge is 2.51. The summed E-state index contributed by atoms with van der Waals surface area (Å²) in [6.45, 7) is 0.900. The molecule has 1 N–H and O–H groups in total. The highest BCUT2D eigenvalue weighted by Crippen LogP contribution is 2.42. The molecule has 0 aliphatic carbocycles. The first kappa shape index (κ1) is 25.9. The first-order chi connectivity index (χ1) is 17.5. The first-order valence-electron chi connectivity index (χ1n) is 11.9. The quantitative estimate of drug-likeness (QED) is 0.336. The van der Waals surface area contributed by atoms with Gasteiger partial charge in [-0.2, -0.15) is 4.31 Å². The predicted molar refractivity (Wildman–Crippen MR) is 137 cm³/mol. The number of carbonyl (C=O) groups is 2. The van der Waals surface area contributed by atoms with Crippen molar-refractivity contribution in [3.05, 3.63) is 70.3 Å². The van der Waals surface area contributed by atoms with Crippen LogP contribution in [0.4, 0.5) is 0 Å². The lowest BCUT2D eigenvalue weighted by Crippen LogP contribution is -2.40. The maximum absolute atomic E-state index is 13.2. The Morgan fingerprint density at radius 3 is 2.16 bits per heavy atom. The van der Waals surface area contributed by atoms with Gasteiger partial charge in [0.1, 0.15) is 5.76 Å². The maximum Gasteiger partial charge on any atom is 0.295 e. The smallest absolute Gasteiger partial charge is 0.295 e. The number of ketones is 1. The molecule has 0 saturated carbocycles. The molecule has 2 aromatic rings. The number of nitrogens with zero attached hydrogens (tertiary/aromatic N) is 2. The molecule has 9 nitrogen and oxygen atoms in total. The average molecular weight is 565 g/mol. The standard InChI is InChI=1S/C25H25ClN2O7S2/c26-18-7-3-16(4-8-18)22-21(24(30)25(31)28(22)19-11-14-36(32,33)15-19)23(29)17-5-9-20(10-6-17)37(34,35)27-12-1-2-13-27/h3-10,19,22,29H,1-2,11-15H2/t19-,22-/m0/s1. The van der Waals surface area contributed by atoms with E-state index < -0.39 is 49.4 Å². The third kappa shape index (κ3) is 4.69. The maximum atomic E-state index is 13.2. The molecule has 2 aromatic carbocycles. The molecule has 0 aromatic heterocycles. The fourth-order valence-electron chi connectivity index (χ4n) is 5.21. The van der Waals surface area contributed by atoms with Gasteiger partial charge < -0.3 is 10.0 Å². The minimum Gasteiger partial charge on any atom is -0.507 e. The SMILES string of the molecule is O=C1C(=O)N([C@H]2CCS(=O)(=O)C2)[C@@H](c2ccc(Cl)cc2)C1=C(O)c1ccc(S(=O)(=O)N2CCCC2)cc1. The topological polar surface area (TPSA) is 129 Å². The van der Waals surface area contributed by atoms with E-state index in [1.54, 1.807) is 24.3 Å². The fourth-order valence-corrected chi connectivity index (χ4v) is 8.57. The third-order valence-corrected chi connectivity index (χ3v) is 11.0. The van der Waals surface area contributed by atoms with Crippen LogP contribution in [-0.4, -0.2) is 73.5 Å². The molecule has 5 rings (SSSR count). The number of likely N-dealkylation sites (tertiary alicyclic amines) is 1. The second kappa shape index (κ2) is 9.54. The van der Waals surface area contributed by atoms with Gasteiger partial charge in [-0.05, 0) is 61.2 Å². The zero-order valence-electron chi connectivity index (χ0n) is 19.7. The van der Waals surface area contributed by atoms with Gasteiger partial charge in [-0.25, -0.2) is 16.8 Å². The molecule has 3 heterocycles. The summed E-state index contributed by atoms with van der Waals surface area (Å²) < 4.78 is 51.5. The van der Waals surface area contributed by atoms with E-state index in [-0.39, 0.29) is 34.0 Å². The number of halogens is 1. The Morgan fingerprint density at radius 1 is 0.973 bits per heavy atom. The molecule has 3 saturated heterocycles. The number of carbonyl (C=O) groups excluding carboxylic acids is 2. The number of sulfonamides is 1. The molecule has 37 heavy (non-hydrogen) atoms. The molecule has 0 spiro atoms. The Bertz CT molecular complexity index is 1500. The van der Waals surface area contributed by atoms with Crippen molar-refractivity contribution in [2.75, 3.05) is 24.6 Å². The minimum atomic E-state index is -3.67. The number of amides is 1. The van der Waals surface area contributed by atoms with Gasteiger partial charge in [0.05, 0.1) is 28.0 Å². The van der Waals surface area contributed by atoms with Crippen LogP contribution < -0.4 is 0 Å². The Balaban J connectivity index is 1.57. The highest BCUT2D eigenvalue weighted by molar-refractivity contribution is 7.91. The normalized spacial score (nSPS) is 25.7. The van der Waals surface area contributed by atoms with Crippen LogP contribution in [0, 0.1) is 0 Å². The predicted octanol–water partition coefficient (Wildman–Crippen LogP) is 2.73. The van der Waals surface area contributed by atoms with E-state index in [1.165, 1.54) is 33.5 Å². The van der Waals surface area contributed by atoms with Crippen LogP contribution in [0.3, 0.4) is 0 Å². The van der Waals surface area contributed by atoms with Gasteiger partial charge in [-0.3, -0.25) is 9.59 Å². The summed E-state index contributed by atoms with van der Waals surface area (Å²) in [6.07, 6.45) is 1.78. The Labute approximate surface area is 220 Å². The van der Waals surface area contributed by atoms with Gasteiger partial charge >= 0.3 is 0 Å². The monoisotopic (exact) mass is 564 g/mol. The molecule has 2 atom stereocenters. The van der Waals surface area contributed by atoms with E-state index in [1.807, 2.05) is 0 Å². The van der Waals surface area contributed by atoms with E-state index in [2.05, 4.69) is 0 Å². The number of sulfone groups is 1. The molecule has 3 aliphatic rings. The third-order valence-electron chi connectivity index (χ3n) is 7.10. The molecule has 0 radical (unpaired) electrons. The molecule has 3 aliphatic heterocycles. The molecular formula is C25H25ClN2O7S2. The van der Waals surface area contributed by atoms with Gasteiger partial charge in [0, 0.05) is 29.7 Å². The van der Waals surface area contributed by atoms with Crippen molar-refractivity contribution in [3.8, 4) is 0 Å². The lowest BCUT2D eigenvalue weighted by molar-refractivity contribution is -0.141. The number of hydrogen-bond donors (Lipinski definition) is 1. The second-order valence-electron chi connectivity index (χ2n) is 9.45. The van der Waals surface area contributed by atoms with E-state index in [0.717, 1.165) is 12.8 Å². The van der Waals surface area contributed by atoms with Gasteiger partial charge in [-0.15, -0.1) is 0 Å². The van der Waals surface area contributed by atoms with E-state index in [0.29, 0.717) is 23.7 Å². The van der Waals surface area contributed by atoms with Crippen molar-refractivity contribution >= 4 is 48.9 Å². The minimum absolute atomic E-state index is 0.0665. The van der Waals surface area contributed by atoms with Crippen LogP contribution in [0.2, 0.25) is 5.02 Å².